The van der Waals surface area contributed by atoms with Crippen LogP contribution in [0.2, 0.25) is 5.02 Å². The second-order valence-electron chi connectivity index (χ2n) is 10.2. The van der Waals surface area contributed by atoms with Gasteiger partial charge in [-0.05, 0) is 76.1 Å². The average Bonchev–Trinajstić information content (AvgIpc) is 2.85. The van der Waals surface area contributed by atoms with E-state index in [2.05, 4.69) is 5.32 Å². The highest BCUT2D eigenvalue weighted by Gasteiger charge is 2.33. The lowest BCUT2D eigenvalue weighted by Gasteiger charge is -2.33. The highest BCUT2D eigenvalue weighted by atomic mass is 35.5. The van der Waals surface area contributed by atoms with Crippen molar-refractivity contribution in [3.05, 3.63) is 95.0 Å². The summed E-state index contributed by atoms with van der Waals surface area (Å²) >= 11 is 6.19. The molecule has 202 valence electrons. The fourth-order valence-corrected chi connectivity index (χ4v) is 5.52. The smallest absolute Gasteiger partial charge is 0.264 e. The molecule has 0 saturated carbocycles. The zero-order chi connectivity index (χ0) is 28.1. The zero-order valence-electron chi connectivity index (χ0n) is 22.3. The molecule has 3 aromatic rings. The zero-order valence-corrected chi connectivity index (χ0v) is 23.9. The number of anilines is 1. The maximum Gasteiger partial charge on any atom is 0.264 e. The molecule has 38 heavy (non-hydrogen) atoms. The lowest BCUT2D eigenvalue weighted by Crippen LogP contribution is -2.54. The van der Waals surface area contributed by atoms with E-state index < -0.39 is 34.1 Å². The van der Waals surface area contributed by atoms with Crippen molar-refractivity contribution < 1.29 is 18.0 Å². The summed E-state index contributed by atoms with van der Waals surface area (Å²) in [5, 5.41) is 3.25. The molecule has 1 N–H and O–H groups in total. The molecule has 0 aliphatic heterocycles. The molecule has 9 heteroatoms. The third-order valence-corrected chi connectivity index (χ3v) is 8.00. The Bertz CT molecular complexity index is 1390. The minimum Gasteiger partial charge on any atom is -0.350 e. The first-order chi connectivity index (χ1) is 17.8. The Morgan fingerprint density at radius 2 is 1.58 bits per heavy atom. The molecule has 3 aromatic carbocycles. The van der Waals surface area contributed by atoms with Gasteiger partial charge in [0.15, 0.2) is 0 Å². The molecule has 2 amide bonds. The van der Waals surface area contributed by atoms with E-state index in [0.717, 1.165) is 15.4 Å². The number of nitrogens with one attached hydrogen (secondary N) is 1. The summed E-state index contributed by atoms with van der Waals surface area (Å²) in [6, 6.07) is 21.0. The lowest BCUT2D eigenvalue weighted by atomic mass is 10.1. The van der Waals surface area contributed by atoms with Crippen LogP contribution in [-0.2, 0) is 26.2 Å². The molecule has 3 rings (SSSR count). The summed E-state index contributed by atoms with van der Waals surface area (Å²) in [5.74, 6) is -0.857. The van der Waals surface area contributed by atoms with Crippen LogP contribution in [0.5, 0.6) is 0 Å². The van der Waals surface area contributed by atoms with Crippen LogP contribution >= 0.6 is 11.6 Å². The quantitative estimate of drug-likeness (QED) is 0.394. The number of rotatable bonds is 9. The van der Waals surface area contributed by atoms with Gasteiger partial charge in [0.25, 0.3) is 10.0 Å². The summed E-state index contributed by atoms with van der Waals surface area (Å²) in [7, 11) is -4.13. The maximum atomic E-state index is 13.9. The first-order valence-corrected chi connectivity index (χ1v) is 14.1. The van der Waals surface area contributed by atoms with Gasteiger partial charge in [-0.2, -0.15) is 0 Å². The monoisotopic (exact) mass is 555 g/mol. The van der Waals surface area contributed by atoms with Crippen LogP contribution in [0.1, 0.15) is 38.8 Å². The number of aryl methyl sites for hydroxylation is 1. The lowest BCUT2D eigenvalue weighted by molar-refractivity contribution is -0.140. The molecule has 0 spiro atoms. The average molecular weight is 556 g/mol. The fourth-order valence-electron chi connectivity index (χ4n) is 3.91. The number of hydrogen-bond donors (Lipinski definition) is 1. The van der Waals surface area contributed by atoms with Crippen molar-refractivity contribution in [2.24, 2.45) is 0 Å². The van der Waals surface area contributed by atoms with Gasteiger partial charge in [0, 0.05) is 17.1 Å². The molecular weight excluding hydrogens is 522 g/mol. The largest absolute Gasteiger partial charge is 0.350 e. The molecule has 0 saturated heterocycles. The van der Waals surface area contributed by atoms with Gasteiger partial charge >= 0.3 is 0 Å². The second-order valence-corrected chi connectivity index (χ2v) is 12.5. The number of hydrogen-bond acceptors (Lipinski definition) is 4. The third-order valence-electron chi connectivity index (χ3n) is 5.97. The topological polar surface area (TPSA) is 86.8 Å². The van der Waals surface area contributed by atoms with Crippen molar-refractivity contribution in [1.29, 1.82) is 0 Å². The van der Waals surface area contributed by atoms with Crippen molar-refractivity contribution >= 4 is 39.1 Å². The molecule has 0 radical (unpaired) electrons. The van der Waals surface area contributed by atoms with Gasteiger partial charge in [0.05, 0.1) is 10.6 Å². The molecule has 0 aliphatic carbocycles. The molecule has 0 heterocycles. The highest BCUT2D eigenvalue weighted by molar-refractivity contribution is 7.92. The molecule has 0 bridgehead atoms. The van der Waals surface area contributed by atoms with Crippen LogP contribution in [0.15, 0.2) is 83.8 Å². The Labute approximate surface area is 230 Å². The third kappa shape index (κ3) is 7.36. The number of amides is 2. The molecule has 0 aliphatic rings. The Hall–Kier alpha value is -3.36. The first kappa shape index (κ1) is 29.2. The summed E-state index contributed by atoms with van der Waals surface area (Å²) in [6.45, 7) is 8.77. The van der Waals surface area contributed by atoms with Crippen molar-refractivity contribution in [3.8, 4) is 0 Å². The minimum absolute atomic E-state index is 0.0387. The van der Waals surface area contributed by atoms with E-state index in [1.165, 1.54) is 23.1 Å². The van der Waals surface area contributed by atoms with Crippen LogP contribution in [0.3, 0.4) is 0 Å². The van der Waals surface area contributed by atoms with E-state index in [1.807, 2.05) is 52.0 Å². The normalized spacial score (nSPS) is 12.5. The number of carbonyl (C=O) groups excluding carboxylic acids is 2. The van der Waals surface area contributed by atoms with Gasteiger partial charge in [0.2, 0.25) is 11.8 Å². The van der Waals surface area contributed by atoms with Crippen molar-refractivity contribution in [3.63, 3.8) is 0 Å². The molecule has 0 fully saturated rings. The van der Waals surface area contributed by atoms with E-state index in [-0.39, 0.29) is 23.0 Å². The molecule has 7 nitrogen and oxygen atoms in total. The van der Waals surface area contributed by atoms with Gasteiger partial charge in [-0.1, -0.05) is 60.1 Å². The number of sulfonamides is 1. The number of nitrogens with zero attached hydrogens (tertiary/aromatic N) is 2. The number of carbonyl (C=O) groups is 2. The first-order valence-electron chi connectivity index (χ1n) is 12.3. The van der Waals surface area contributed by atoms with E-state index in [1.54, 1.807) is 43.3 Å². The van der Waals surface area contributed by atoms with Crippen molar-refractivity contribution in [2.75, 3.05) is 10.8 Å². The van der Waals surface area contributed by atoms with Gasteiger partial charge in [-0.25, -0.2) is 8.42 Å². The Kier molecular flexibility index (Phi) is 9.22. The Morgan fingerprint density at radius 1 is 0.947 bits per heavy atom. The van der Waals surface area contributed by atoms with E-state index in [9.17, 15) is 18.0 Å². The van der Waals surface area contributed by atoms with Gasteiger partial charge in [-0.3, -0.25) is 13.9 Å². The van der Waals surface area contributed by atoms with E-state index >= 15 is 0 Å². The van der Waals surface area contributed by atoms with Crippen LogP contribution < -0.4 is 9.62 Å². The summed E-state index contributed by atoms with van der Waals surface area (Å²) in [6.07, 6.45) is 0. The number of benzene rings is 3. The van der Waals surface area contributed by atoms with E-state index in [4.69, 9.17) is 11.6 Å². The second kappa shape index (κ2) is 12.0. The Morgan fingerprint density at radius 3 is 2.18 bits per heavy atom. The van der Waals surface area contributed by atoms with Crippen LogP contribution in [0.4, 0.5) is 5.69 Å². The van der Waals surface area contributed by atoms with Crippen LogP contribution in [0, 0.1) is 6.92 Å². The SMILES string of the molecule is Cc1ccccc1CN(C(=O)CN(c1cccc(Cl)c1)S(=O)(=O)c1ccccc1)C(C)C(=O)NC(C)(C)C. The summed E-state index contributed by atoms with van der Waals surface area (Å²) in [4.78, 5) is 28.5. The minimum atomic E-state index is -4.13. The summed E-state index contributed by atoms with van der Waals surface area (Å²) in [5.41, 5.74) is 1.55. The van der Waals surface area contributed by atoms with Crippen LogP contribution in [-0.4, -0.2) is 43.3 Å². The van der Waals surface area contributed by atoms with Crippen molar-refractivity contribution in [1.82, 2.24) is 10.2 Å². The molecule has 1 atom stereocenters. The highest BCUT2D eigenvalue weighted by Crippen LogP contribution is 2.27. The molecule has 0 aromatic heterocycles. The maximum absolute atomic E-state index is 13.9. The fraction of sp³-hybridized carbons (Fsp3) is 0.310. The van der Waals surface area contributed by atoms with E-state index in [0.29, 0.717) is 5.02 Å². The number of halogens is 1. The predicted molar refractivity (Wildman–Crippen MR) is 152 cm³/mol. The molecule has 1 unspecified atom stereocenters. The summed E-state index contributed by atoms with van der Waals surface area (Å²) < 4.78 is 28.5. The van der Waals surface area contributed by atoms with Crippen molar-refractivity contribution in [2.45, 2.75) is 57.6 Å². The van der Waals surface area contributed by atoms with Gasteiger partial charge in [-0.15, -0.1) is 0 Å². The Balaban J connectivity index is 2.04. The van der Waals surface area contributed by atoms with Gasteiger partial charge < -0.3 is 10.2 Å². The van der Waals surface area contributed by atoms with Gasteiger partial charge in [0.1, 0.15) is 12.6 Å². The standard InChI is InChI=1S/C29H34ClN3O4S/c1-21-12-9-10-13-23(21)19-32(22(2)28(35)31-29(3,4)5)27(34)20-33(25-15-11-14-24(30)18-25)38(36,37)26-16-7-6-8-17-26/h6-18,22H,19-20H2,1-5H3,(H,31,35). The predicted octanol–water partition coefficient (Wildman–Crippen LogP) is 5.18. The van der Waals surface area contributed by atoms with Crippen LogP contribution in [0.25, 0.3) is 0 Å². The molecular formula is C29H34ClN3O4S.